The maximum absolute atomic E-state index is 12.7. The molecule has 6 rings (SSSR count). The molecule has 4 atom stereocenters. The van der Waals surface area contributed by atoms with Crippen molar-refractivity contribution in [3.63, 3.8) is 0 Å². The van der Waals surface area contributed by atoms with E-state index in [1.807, 2.05) is 54.7 Å². The Labute approximate surface area is 196 Å². The molecular formula is C26H24N6O2. The number of rotatable bonds is 6. The number of nitriles is 1. The molecule has 0 radical (unpaired) electrons. The van der Waals surface area contributed by atoms with Gasteiger partial charge in [-0.05, 0) is 67.1 Å². The van der Waals surface area contributed by atoms with Crippen molar-refractivity contribution in [2.75, 3.05) is 0 Å². The second-order valence-corrected chi connectivity index (χ2v) is 9.20. The molecule has 8 heteroatoms. The lowest BCUT2D eigenvalue weighted by atomic mass is 9.98. The van der Waals surface area contributed by atoms with Crippen LogP contribution in [0.2, 0.25) is 0 Å². The smallest absolute Gasteiger partial charge is 0.238 e. The second kappa shape index (κ2) is 8.43. The highest BCUT2D eigenvalue weighted by Crippen LogP contribution is 2.35. The van der Waals surface area contributed by atoms with E-state index in [4.69, 9.17) is 4.42 Å². The van der Waals surface area contributed by atoms with E-state index in [0.717, 1.165) is 52.7 Å². The third-order valence-corrected chi connectivity index (χ3v) is 7.00. The Morgan fingerprint density at radius 1 is 1.24 bits per heavy atom. The third-order valence-electron chi connectivity index (χ3n) is 7.00. The van der Waals surface area contributed by atoms with Crippen molar-refractivity contribution in [1.82, 2.24) is 25.6 Å². The van der Waals surface area contributed by atoms with Crippen LogP contribution < -0.4 is 10.6 Å². The highest BCUT2D eigenvalue weighted by atomic mass is 16.3. The van der Waals surface area contributed by atoms with Crippen molar-refractivity contribution in [3.05, 3.63) is 66.6 Å². The first kappa shape index (κ1) is 20.6. The van der Waals surface area contributed by atoms with E-state index < -0.39 is 6.04 Å². The summed E-state index contributed by atoms with van der Waals surface area (Å²) in [4.78, 5) is 12.7. The number of nitrogens with one attached hydrogen (secondary N) is 2. The summed E-state index contributed by atoms with van der Waals surface area (Å²) in [5, 5.41) is 25.5. The van der Waals surface area contributed by atoms with Gasteiger partial charge in [0.2, 0.25) is 5.91 Å². The minimum atomic E-state index is -0.560. The van der Waals surface area contributed by atoms with Crippen LogP contribution in [0.3, 0.4) is 0 Å². The van der Waals surface area contributed by atoms with E-state index in [9.17, 15) is 10.1 Å². The van der Waals surface area contributed by atoms with Gasteiger partial charge in [-0.2, -0.15) is 5.26 Å². The first-order valence-electron chi connectivity index (χ1n) is 11.6. The van der Waals surface area contributed by atoms with E-state index >= 15 is 0 Å². The number of amides is 1. The second-order valence-electron chi connectivity index (χ2n) is 9.20. The molecule has 1 saturated heterocycles. The lowest BCUT2D eigenvalue weighted by Crippen LogP contribution is -2.50. The van der Waals surface area contributed by atoms with Gasteiger partial charge in [0.1, 0.15) is 17.3 Å². The molecule has 170 valence electrons. The fourth-order valence-electron chi connectivity index (χ4n) is 5.21. The van der Waals surface area contributed by atoms with E-state index in [0.29, 0.717) is 18.4 Å². The van der Waals surface area contributed by atoms with Crippen LogP contribution in [0, 0.1) is 17.2 Å². The SMILES string of the molecule is N#C[C@H](Cc1ccc(-n2cc(-c3ccc4occc4c3)nn2)cc1)NC(=O)[C@H]1N[C@@H]2CC[C@H]1C2. The van der Waals surface area contributed by atoms with Crippen LogP contribution in [0.25, 0.3) is 27.9 Å². The molecule has 1 aliphatic heterocycles. The summed E-state index contributed by atoms with van der Waals surface area (Å²) in [5.74, 6) is 0.344. The zero-order valence-electron chi connectivity index (χ0n) is 18.5. The van der Waals surface area contributed by atoms with Crippen LogP contribution >= 0.6 is 0 Å². The Kier molecular flexibility index (Phi) is 5.12. The Hall–Kier alpha value is -3.96. The zero-order valence-corrected chi connectivity index (χ0v) is 18.5. The molecular weight excluding hydrogens is 428 g/mol. The standard InChI is InChI=1S/C26H24N6O2/c27-14-21(29-26(33)25-19-3-5-20(13-19)28-25)11-16-1-6-22(7-2-16)32-15-23(30-31-32)17-4-8-24-18(12-17)9-10-34-24/h1-2,4,6-10,12,15,19-21,25,28H,3,5,11,13H2,(H,29,33)/t19-,20+,21-,25-/m0/s1. The van der Waals surface area contributed by atoms with Crippen LogP contribution in [0.4, 0.5) is 0 Å². The summed E-state index contributed by atoms with van der Waals surface area (Å²) in [6, 6.07) is 17.6. The van der Waals surface area contributed by atoms with Gasteiger partial charge in [0.25, 0.3) is 0 Å². The Morgan fingerprint density at radius 3 is 2.88 bits per heavy atom. The predicted molar refractivity (Wildman–Crippen MR) is 126 cm³/mol. The molecule has 2 fully saturated rings. The molecule has 2 aromatic heterocycles. The minimum absolute atomic E-state index is 0.0564. The average Bonchev–Trinajstić information content (AvgIpc) is 3.67. The molecule has 1 saturated carbocycles. The van der Waals surface area contributed by atoms with Crippen molar-refractivity contribution in [1.29, 1.82) is 5.26 Å². The Morgan fingerprint density at radius 2 is 2.12 bits per heavy atom. The molecule has 0 spiro atoms. The van der Waals surface area contributed by atoms with Crippen molar-refractivity contribution < 1.29 is 9.21 Å². The number of furan rings is 1. The highest BCUT2D eigenvalue weighted by Gasteiger charge is 2.43. The average molecular weight is 453 g/mol. The van der Waals surface area contributed by atoms with Crippen LogP contribution in [0.5, 0.6) is 0 Å². The van der Waals surface area contributed by atoms with Crippen molar-refractivity contribution in [2.45, 2.75) is 43.8 Å². The molecule has 2 N–H and O–H groups in total. The minimum Gasteiger partial charge on any atom is -0.464 e. The molecule has 8 nitrogen and oxygen atoms in total. The Balaban J connectivity index is 1.11. The summed E-state index contributed by atoms with van der Waals surface area (Å²) in [6.07, 6.45) is 7.32. The fourth-order valence-corrected chi connectivity index (χ4v) is 5.21. The zero-order chi connectivity index (χ0) is 23.1. The number of fused-ring (bicyclic) bond motifs is 3. The van der Waals surface area contributed by atoms with Gasteiger partial charge in [-0.25, -0.2) is 4.68 Å². The van der Waals surface area contributed by atoms with Gasteiger partial charge in [0, 0.05) is 23.4 Å². The molecule has 2 aromatic carbocycles. The molecule has 2 bridgehead atoms. The first-order valence-corrected chi connectivity index (χ1v) is 11.6. The number of piperidine rings is 1. The van der Waals surface area contributed by atoms with Crippen molar-refractivity contribution in [2.24, 2.45) is 5.92 Å². The molecule has 3 heterocycles. The fraction of sp³-hybridized carbons (Fsp3) is 0.308. The highest BCUT2D eigenvalue weighted by molar-refractivity contribution is 5.83. The quantitative estimate of drug-likeness (QED) is 0.464. The summed E-state index contributed by atoms with van der Waals surface area (Å²) in [7, 11) is 0. The van der Waals surface area contributed by atoms with Crippen molar-refractivity contribution >= 4 is 16.9 Å². The number of carbonyl (C=O) groups excluding carboxylic acids is 1. The van der Waals surface area contributed by atoms with E-state index in [1.54, 1.807) is 10.9 Å². The predicted octanol–water partition coefficient (Wildman–Crippen LogP) is 3.37. The maximum atomic E-state index is 12.7. The number of hydrogen-bond donors (Lipinski definition) is 2. The monoisotopic (exact) mass is 452 g/mol. The van der Waals surface area contributed by atoms with Gasteiger partial charge in [0.15, 0.2) is 0 Å². The van der Waals surface area contributed by atoms with Crippen LogP contribution in [-0.2, 0) is 11.2 Å². The van der Waals surface area contributed by atoms with Gasteiger partial charge < -0.3 is 15.1 Å². The molecule has 1 amide bonds. The van der Waals surface area contributed by atoms with Gasteiger partial charge in [0.05, 0.1) is 30.3 Å². The largest absolute Gasteiger partial charge is 0.464 e. The lowest BCUT2D eigenvalue weighted by molar-refractivity contribution is -0.124. The summed E-state index contributed by atoms with van der Waals surface area (Å²) in [5.41, 5.74) is 4.42. The van der Waals surface area contributed by atoms with Gasteiger partial charge in [-0.3, -0.25) is 4.79 Å². The normalized spacial score (nSPS) is 22.0. The number of carbonyl (C=O) groups is 1. The maximum Gasteiger partial charge on any atom is 0.238 e. The summed E-state index contributed by atoms with van der Waals surface area (Å²) < 4.78 is 7.13. The number of hydrogen-bond acceptors (Lipinski definition) is 6. The van der Waals surface area contributed by atoms with Crippen LogP contribution in [-0.4, -0.2) is 39.0 Å². The number of nitrogens with zero attached hydrogens (tertiary/aromatic N) is 4. The molecule has 1 aliphatic carbocycles. The van der Waals surface area contributed by atoms with E-state index in [1.165, 1.54) is 0 Å². The Bertz CT molecular complexity index is 1380. The van der Waals surface area contributed by atoms with E-state index in [2.05, 4.69) is 27.0 Å². The molecule has 34 heavy (non-hydrogen) atoms. The summed E-state index contributed by atoms with van der Waals surface area (Å²) >= 11 is 0. The van der Waals surface area contributed by atoms with Gasteiger partial charge in [-0.15, -0.1) is 5.10 Å². The van der Waals surface area contributed by atoms with Crippen LogP contribution in [0.1, 0.15) is 24.8 Å². The van der Waals surface area contributed by atoms with Gasteiger partial charge in [-0.1, -0.05) is 17.3 Å². The van der Waals surface area contributed by atoms with E-state index in [-0.39, 0.29) is 11.9 Å². The molecule has 0 unspecified atom stereocenters. The third kappa shape index (κ3) is 3.84. The lowest BCUT2D eigenvalue weighted by Gasteiger charge is -2.23. The van der Waals surface area contributed by atoms with Crippen LogP contribution in [0.15, 0.2) is 65.4 Å². The van der Waals surface area contributed by atoms with Crippen molar-refractivity contribution in [3.8, 4) is 23.0 Å². The number of aromatic nitrogens is 3. The molecule has 4 aromatic rings. The topological polar surface area (TPSA) is 109 Å². The summed E-state index contributed by atoms with van der Waals surface area (Å²) in [6.45, 7) is 0. The number of benzene rings is 2. The molecule has 2 aliphatic rings. The van der Waals surface area contributed by atoms with Gasteiger partial charge >= 0.3 is 0 Å². The first-order chi connectivity index (χ1) is 16.7.